The van der Waals surface area contributed by atoms with Crippen LogP contribution in [-0.2, 0) is 22.7 Å². The van der Waals surface area contributed by atoms with Crippen molar-refractivity contribution >= 4 is 70.6 Å². The van der Waals surface area contributed by atoms with Gasteiger partial charge in [-0.1, -0.05) is 24.3 Å². The fourth-order valence-corrected chi connectivity index (χ4v) is 11.7. The van der Waals surface area contributed by atoms with E-state index < -0.39 is 12.2 Å². The third-order valence-electron chi connectivity index (χ3n) is 4.69. The average Bonchev–Trinajstić information content (AvgIpc) is 3.49. The van der Waals surface area contributed by atoms with Gasteiger partial charge in [-0.25, -0.2) is 0 Å². The Morgan fingerprint density at radius 3 is 1.47 bits per heavy atom. The van der Waals surface area contributed by atoms with Crippen LogP contribution in [0.25, 0.3) is 0 Å². The van der Waals surface area contributed by atoms with Gasteiger partial charge in [0.15, 0.2) is 0 Å². The maximum Gasteiger partial charge on any atom is 0.0863 e. The van der Waals surface area contributed by atoms with Crippen molar-refractivity contribution in [3.8, 4) is 0 Å². The summed E-state index contributed by atoms with van der Waals surface area (Å²) in [7, 11) is 0. The Hall–Kier alpha value is 1.16. The number of benzene rings is 1. The molecule has 32 heavy (non-hydrogen) atoms. The second kappa shape index (κ2) is 16.8. The lowest BCUT2D eigenvalue weighted by molar-refractivity contribution is 0.0387. The van der Waals surface area contributed by atoms with Crippen LogP contribution in [-0.4, -0.2) is 90.8 Å². The zero-order chi connectivity index (χ0) is 22.4. The van der Waals surface area contributed by atoms with Gasteiger partial charge in [-0.2, -0.15) is 23.5 Å². The van der Waals surface area contributed by atoms with E-state index in [2.05, 4.69) is 0 Å². The summed E-state index contributed by atoms with van der Waals surface area (Å²) in [6, 6.07) is 8.16. The molecule has 0 saturated carbocycles. The first-order valence-electron chi connectivity index (χ1n) is 10.9. The molecule has 2 atom stereocenters. The summed E-state index contributed by atoms with van der Waals surface area (Å²) in [5, 5.41) is 20.2. The number of aliphatic hydroxyl groups excluding tert-OH is 2. The van der Waals surface area contributed by atoms with Gasteiger partial charge in [0.2, 0.25) is 0 Å². The van der Waals surface area contributed by atoms with Gasteiger partial charge in [0.25, 0.3) is 0 Å². The lowest BCUT2D eigenvalue weighted by Crippen LogP contribution is -2.19. The fourth-order valence-electron chi connectivity index (χ4n) is 3.06. The van der Waals surface area contributed by atoms with Crippen molar-refractivity contribution in [2.24, 2.45) is 0 Å². The van der Waals surface area contributed by atoms with Crippen molar-refractivity contribution in [2.45, 2.75) is 34.6 Å². The molecular formula is C22H34O4S6. The van der Waals surface area contributed by atoms with E-state index in [0.717, 1.165) is 34.1 Å². The second-order valence-corrected chi connectivity index (χ2v) is 15.6. The van der Waals surface area contributed by atoms with E-state index in [-0.39, 0.29) is 0 Å². The zero-order valence-corrected chi connectivity index (χ0v) is 23.2. The van der Waals surface area contributed by atoms with Crippen molar-refractivity contribution in [3.05, 3.63) is 35.4 Å². The van der Waals surface area contributed by atoms with E-state index in [1.165, 1.54) is 23.0 Å². The first-order valence-corrected chi connectivity index (χ1v) is 17.4. The smallest absolute Gasteiger partial charge is 0.0863 e. The predicted octanol–water partition coefficient (Wildman–Crippen LogP) is 4.52. The largest absolute Gasteiger partial charge is 0.390 e. The molecule has 2 N–H and O–H groups in total. The molecule has 2 unspecified atom stereocenters. The molecule has 0 spiro atoms. The predicted molar refractivity (Wildman–Crippen MR) is 150 cm³/mol. The molecular weight excluding hydrogens is 521 g/mol. The van der Waals surface area contributed by atoms with Crippen LogP contribution >= 0.6 is 70.6 Å². The van der Waals surface area contributed by atoms with E-state index in [1.807, 2.05) is 94.8 Å². The van der Waals surface area contributed by atoms with Gasteiger partial charge in [-0.15, -0.1) is 47.0 Å². The van der Waals surface area contributed by atoms with Crippen molar-refractivity contribution in [3.63, 3.8) is 0 Å². The van der Waals surface area contributed by atoms with Crippen molar-refractivity contribution < 1.29 is 19.7 Å². The van der Waals surface area contributed by atoms with Crippen LogP contribution in [0.3, 0.4) is 0 Å². The van der Waals surface area contributed by atoms with Gasteiger partial charge in [0, 0.05) is 46.0 Å². The first-order chi connectivity index (χ1) is 15.7. The number of aliphatic hydroxyl groups is 2. The highest BCUT2D eigenvalue weighted by Crippen LogP contribution is 2.35. The summed E-state index contributed by atoms with van der Waals surface area (Å²) in [5.74, 6) is 8.70. The summed E-state index contributed by atoms with van der Waals surface area (Å²) in [4.78, 5) is 0. The van der Waals surface area contributed by atoms with Gasteiger partial charge < -0.3 is 19.7 Å². The summed E-state index contributed by atoms with van der Waals surface area (Å²) in [6.07, 6.45) is -0.825. The third-order valence-corrected chi connectivity index (χ3v) is 14.0. The number of rotatable bonds is 16. The molecule has 1 aromatic rings. The minimum absolute atomic E-state index is 0.372. The second-order valence-electron chi connectivity index (χ2n) is 7.57. The maximum atomic E-state index is 10.1. The highest BCUT2D eigenvalue weighted by molar-refractivity contribution is 8.21. The van der Waals surface area contributed by atoms with Gasteiger partial charge in [-0.05, 0) is 11.1 Å². The molecule has 2 heterocycles. The van der Waals surface area contributed by atoms with Crippen molar-refractivity contribution in [1.29, 1.82) is 0 Å². The Morgan fingerprint density at radius 1 is 0.719 bits per heavy atom. The molecule has 0 aliphatic carbocycles. The summed E-state index contributed by atoms with van der Waals surface area (Å²) in [6.45, 7) is 1.75. The van der Waals surface area contributed by atoms with E-state index in [0.29, 0.717) is 35.6 Å². The van der Waals surface area contributed by atoms with Crippen LogP contribution in [0.5, 0.6) is 0 Å². The summed E-state index contributed by atoms with van der Waals surface area (Å²) < 4.78 is 12.8. The molecule has 1 aromatic carbocycles. The van der Waals surface area contributed by atoms with E-state index in [4.69, 9.17) is 9.47 Å². The zero-order valence-electron chi connectivity index (χ0n) is 18.3. The SMILES string of the molecule is OC(COCc1ccc(COCC(O)CSCC2SCCS2)cc1)CSCC1SCCS1. The normalized spacial score (nSPS) is 19.6. The third kappa shape index (κ3) is 11.7. The molecule has 2 aliphatic rings. The Kier molecular flexibility index (Phi) is 14.5. The maximum absolute atomic E-state index is 10.1. The number of thioether (sulfide) groups is 6. The molecule has 2 fully saturated rings. The van der Waals surface area contributed by atoms with Gasteiger partial charge >= 0.3 is 0 Å². The first kappa shape index (κ1) is 27.7. The molecule has 0 aromatic heterocycles. The van der Waals surface area contributed by atoms with E-state index in [9.17, 15) is 10.2 Å². The number of ether oxygens (including phenoxy) is 2. The Bertz CT molecular complexity index is 558. The molecule has 10 heteroatoms. The van der Waals surface area contributed by atoms with E-state index in [1.54, 1.807) is 0 Å². The van der Waals surface area contributed by atoms with Crippen LogP contribution in [0.4, 0.5) is 0 Å². The van der Waals surface area contributed by atoms with Crippen LogP contribution in [0.15, 0.2) is 24.3 Å². The van der Waals surface area contributed by atoms with Gasteiger partial charge in [0.05, 0.1) is 47.8 Å². The average molecular weight is 555 g/mol. The standard InChI is InChI=1S/C22H34O4S6/c23-19(13-27-15-21-29-5-6-30-21)11-25-9-17-1-2-18(4-3-17)10-26-12-20(24)14-28-16-22-31-7-8-32-22/h1-4,19-24H,5-16H2. The molecule has 4 nitrogen and oxygen atoms in total. The number of hydrogen-bond donors (Lipinski definition) is 2. The summed E-state index contributed by atoms with van der Waals surface area (Å²) >= 11 is 11.8. The van der Waals surface area contributed by atoms with Gasteiger partial charge in [-0.3, -0.25) is 0 Å². The molecule has 0 amide bonds. The minimum atomic E-state index is -0.413. The highest BCUT2D eigenvalue weighted by Gasteiger charge is 2.17. The molecule has 0 radical (unpaired) electrons. The topological polar surface area (TPSA) is 58.9 Å². The molecule has 3 rings (SSSR count). The minimum Gasteiger partial charge on any atom is -0.390 e. The van der Waals surface area contributed by atoms with Crippen LogP contribution < -0.4 is 0 Å². The monoisotopic (exact) mass is 554 g/mol. The van der Waals surface area contributed by atoms with Crippen molar-refractivity contribution in [1.82, 2.24) is 0 Å². The summed E-state index contributed by atoms with van der Waals surface area (Å²) in [5.41, 5.74) is 2.18. The lowest BCUT2D eigenvalue weighted by Gasteiger charge is -2.13. The van der Waals surface area contributed by atoms with Crippen molar-refractivity contribution in [2.75, 3.05) is 59.2 Å². The van der Waals surface area contributed by atoms with E-state index >= 15 is 0 Å². The van der Waals surface area contributed by atoms with Crippen LogP contribution in [0, 0.1) is 0 Å². The molecule has 182 valence electrons. The Balaban J connectivity index is 1.19. The molecule has 2 saturated heterocycles. The molecule has 2 aliphatic heterocycles. The fraction of sp³-hybridized carbons (Fsp3) is 0.727. The van der Waals surface area contributed by atoms with Crippen LogP contribution in [0.2, 0.25) is 0 Å². The van der Waals surface area contributed by atoms with Crippen LogP contribution in [0.1, 0.15) is 11.1 Å². The highest BCUT2D eigenvalue weighted by atomic mass is 32.2. The Morgan fingerprint density at radius 2 is 1.09 bits per heavy atom. The Labute approximate surface area is 218 Å². The quantitative estimate of drug-likeness (QED) is 0.305. The van der Waals surface area contributed by atoms with Gasteiger partial charge in [0.1, 0.15) is 0 Å². The number of hydrogen-bond acceptors (Lipinski definition) is 10. The lowest BCUT2D eigenvalue weighted by atomic mass is 10.1. The molecule has 0 bridgehead atoms.